The molecule has 136 valence electrons. The third-order valence-corrected chi connectivity index (χ3v) is 3.61. The molecule has 0 fully saturated rings. The maximum atomic E-state index is 13.6. The standard InChI is InChI=1S/C17H14F2N2O5/c18-12-6-5-10(13(19)9-12)8-16(22)20-14(17(23)24)7-11-3-1-2-4-15(11)21(25)26/h1-6,9,14H,7-8H2,(H,20,22)(H,23,24)/t14-/m0/s1. The normalized spacial score (nSPS) is 11.6. The molecule has 0 aliphatic rings. The first-order valence-electron chi connectivity index (χ1n) is 7.46. The fraction of sp³-hybridized carbons (Fsp3) is 0.176. The van der Waals surface area contributed by atoms with E-state index in [0.29, 0.717) is 6.07 Å². The number of nitro benzene ring substituents is 1. The second kappa shape index (κ2) is 8.15. The van der Waals surface area contributed by atoms with Crippen molar-refractivity contribution in [3.63, 3.8) is 0 Å². The Bertz CT molecular complexity index is 857. The minimum Gasteiger partial charge on any atom is -0.480 e. The number of carbonyl (C=O) groups excluding carboxylic acids is 1. The van der Waals surface area contributed by atoms with Gasteiger partial charge < -0.3 is 10.4 Å². The van der Waals surface area contributed by atoms with Crippen molar-refractivity contribution in [2.75, 3.05) is 0 Å². The van der Waals surface area contributed by atoms with Crippen LogP contribution in [-0.4, -0.2) is 27.9 Å². The lowest BCUT2D eigenvalue weighted by Gasteiger charge is -2.15. The summed E-state index contributed by atoms with van der Waals surface area (Å²) in [6, 6.07) is 6.81. The molecule has 9 heteroatoms. The topological polar surface area (TPSA) is 110 Å². The van der Waals surface area contributed by atoms with Crippen LogP contribution in [0, 0.1) is 21.7 Å². The number of rotatable bonds is 7. The second-order valence-corrected chi connectivity index (χ2v) is 5.46. The van der Waals surface area contributed by atoms with Gasteiger partial charge in [0.1, 0.15) is 17.7 Å². The molecule has 0 aliphatic heterocycles. The number of para-hydroxylation sites is 1. The first kappa shape index (κ1) is 19.0. The van der Waals surface area contributed by atoms with Gasteiger partial charge in [0.15, 0.2) is 0 Å². The lowest BCUT2D eigenvalue weighted by molar-refractivity contribution is -0.385. The Morgan fingerprint density at radius 3 is 2.46 bits per heavy atom. The number of amides is 1. The smallest absolute Gasteiger partial charge is 0.326 e. The molecule has 2 rings (SSSR count). The van der Waals surface area contributed by atoms with Crippen LogP contribution >= 0.6 is 0 Å². The molecule has 0 unspecified atom stereocenters. The van der Waals surface area contributed by atoms with Gasteiger partial charge in [-0.25, -0.2) is 13.6 Å². The fourth-order valence-corrected chi connectivity index (χ4v) is 2.36. The van der Waals surface area contributed by atoms with Gasteiger partial charge in [0.05, 0.1) is 11.3 Å². The van der Waals surface area contributed by atoms with E-state index in [2.05, 4.69) is 5.32 Å². The number of benzene rings is 2. The molecule has 0 saturated carbocycles. The fourth-order valence-electron chi connectivity index (χ4n) is 2.36. The Hall–Kier alpha value is -3.36. The average molecular weight is 364 g/mol. The van der Waals surface area contributed by atoms with Crippen molar-refractivity contribution in [3.05, 3.63) is 75.3 Å². The summed E-state index contributed by atoms with van der Waals surface area (Å²) in [6.07, 6.45) is -0.809. The first-order valence-corrected chi connectivity index (χ1v) is 7.46. The molecule has 0 spiro atoms. The molecular formula is C17H14F2N2O5. The molecule has 1 atom stereocenters. The molecule has 0 aromatic heterocycles. The summed E-state index contributed by atoms with van der Waals surface area (Å²) >= 11 is 0. The zero-order chi connectivity index (χ0) is 19.3. The Morgan fingerprint density at radius 1 is 1.15 bits per heavy atom. The van der Waals surface area contributed by atoms with Gasteiger partial charge >= 0.3 is 5.97 Å². The summed E-state index contributed by atoms with van der Waals surface area (Å²) in [5.74, 6) is -3.92. The summed E-state index contributed by atoms with van der Waals surface area (Å²) in [7, 11) is 0. The Kier molecular flexibility index (Phi) is 5.94. The van der Waals surface area contributed by atoms with E-state index in [1.54, 1.807) is 0 Å². The van der Waals surface area contributed by atoms with Crippen LogP contribution in [0.5, 0.6) is 0 Å². The van der Waals surface area contributed by atoms with Gasteiger partial charge in [-0.3, -0.25) is 14.9 Å². The highest BCUT2D eigenvalue weighted by Crippen LogP contribution is 2.19. The molecule has 0 saturated heterocycles. The van der Waals surface area contributed by atoms with Crippen LogP contribution in [0.3, 0.4) is 0 Å². The first-order chi connectivity index (χ1) is 12.3. The quantitative estimate of drug-likeness (QED) is 0.578. The Balaban J connectivity index is 2.12. The van der Waals surface area contributed by atoms with Gasteiger partial charge in [0.25, 0.3) is 5.69 Å². The maximum absolute atomic E-state index is 13.6. The van der Waals surface area contributed by atoms with Crippen molar-refractivity contribution in [1.29, 1.82) is 0 Å². The minimum atomic E-state index is -1.44. The lowest BCUT2D eigenvalue weighted by atomic mass is 10.0. The number of nitro groups is 1. The average Bonchev–Trinajstić information content (AvgIpc) is 2.57. The van der Waals surface area contributed by atoms with Gasteiger partial charge in [-0.2, -0.15) is 0 Å². The molecule has 0 aliphatic carbocycles. The van der Waals surface area contributed by atoms with Crippen LogP contribution in [0.25, 0.3) is 0 Å². The van der Waals surface area contributed by atoms with Crippen molar-refractivity contribution in [1.82, 2.24) is 5.32 Å². The molecule has 1 amide bonds. The predicted molar refractivity (Wildman–Crippen MR) is 86.4 cm³/mol. The number of hydrogen-bond donors (Lipinski definition) is 2. The Labute approximate surface area is 146 Å². The van der Waals surface area contributed by atoms with Crippen molar-refractivity contribution < 1.29 is 28.4 Å². The monoisotopic (exact) mass is 364 g/mol. The summed E-state index contributed by atoms with van der Waals surface area (Å²) in [5, 5.41) is 22.5. The summed E-state index contributed by atoms with van der Waals surface area (Å²) < 4.78 is 26.5. The number of hydrogen-bond acceptors (Lipinski definition) is 4. The van der Waals surface area contributed by atoms with E-state index in [-0.39, 0.29) is 23.2 Å². The highest BCUT2D eigenvalue weighted by atomic mass is 19.1. The van der Waals surface area contributed by atoms with E-state index in [1.807, 2.05) is 0 Å². The summed E-state index contributed by atoms with van der Waals surface area (Å²) in [4.78, 5) is 33.7. The highest BCUT2D eigenvalue weighted by Gasteiger charge is 2.24. The number of halogens is 2. The van der Waals surface area contributed by atoms with E-state index >= 15 is 0 Å². The summed E-state index contributed by atoms with van der Waals surface area (Å²) in [5.41, 5.74) is -0.227. The molecular weight excluding hydrogens is 350 g/mol. The Morgan fingerprint density at radius 2 is 1.85 bits per heavy atom. The van der Waals surface area contributed by atoms with Gasteiger partial charge in [0, 0.05) is 24.1 Å². The lowest BCUT2D eigenvalue weighted by Crippen LogP contribution is -2.43. The predicted octanol–water partition coefficient (Wildman–Crippen LogP) is 2.23. The van der Waals surface area contributed by atoms with Crippen LogP contribution in [0.15, 0.2) is 42.5 Å². The highest BCUT2D eigenvalue weighted by molar-refractivity contribution is 5.85. The molecule has 0 heterocycles. The number of aliphatic carboxylic acids is 1. The SMILES string of the molecule is O=C(Cc1ccc(F)cc1F)N[C@@H](Cc1ccccc1[N+](=O)[O-])C(=O)O. The zero-order valence-corrected chi connectivity index (χ0v) is 13.3. The van der Waals surface area contributed by atoms with Gasteiger partial charge in [0.2, 0.25) is 5.91 Å². The number of carboxylic acid groups (broad SMARTS) is 1. The molecule has 26 heavy (non-hydrogen) atoms. The van der Waals surface area contributed by atoms with E-state index in [9.17, 15) is 33.6 Å². The molecule has 7 nitrogen and oxygen atoms in total. The third-order valence-electron chi connectivity index (χ3n) is 3.61. The van der Waals surface area contributed by atoms with E-state index in [4.69, 9.17) is 0 Å². The number of nitrogens with zero attached hydrogens (tertiary/aromatic N) is 1. The van der Waals surface area contributed by atoms with Crippen LogP contribution in [0.2, 0.25) is 0 Å². The largest absolute Gasteiger partial charge is 0.480 e. The van der Waals surface area contributed by atoms with Crippen LogP contribution in [0.1, 0.15) is 11.1 Å². The number of carboxylic acids is 1. The van der Waals surface area contributed by atoms with Crippen molar-refractivity contribution in [2.24, 2.45) is 0 Å². The molecule has 2 aromatic rings. The molecule has 0 radical (unpaired) electrons. The van der Waals surface area contributed by atoms with Crippen LogP contribution in [-0.2, 0) is 22.4 Å². The van der Waals surface area contributed by atoms with Gasteiger partial charge in [-0.1, -0.05) is 24.3 Å². The van der Waals surface area contributed by atoms with Crippen molar-refractivity contribution in [2.45, 2.75) is 18.9 Å². The second-order valence-electron chi connectivity index (χ2n) is 5.46. The number of carbonyl (C=O) groups is 2. The van der Waals surface area contributed by atoms with E-state index in [0.717, 1.165) is 12.1 Å². The number of nitrogens with one attached hydrogen (secondary N) is 1. The third kappa shape index (κ3) is 4.82. The minimum absolute atomic E-state index is 0.0984. The zero-order valence-electron chi connectivity index (χ0n) is 13.3. The molecule has 2 N–H and O–H groups in total. The van der Waals surface area contributed by atoms with Gasteiger partial charge in [-0.05, 0) is 11.6 Å². The molecule has 0 bridgehead atoms. The van der Waals surface area contributed by atoms with E-state index in [1.165, 1.54) is 24.3 Å². The molecule has 2 aromatic carbocycles. The van der Waals surface area contributed by atoms with E-state index < -0.39 is 40.9 Å². The van der Waals surface area contributed by atoms with Crippen LogP contribution < -0.4 is 5.32 Å². The van der Waals surface area contributed by atoms with Crippen LogP contribution in [0.4, 0.5) is 14.5 Å². The van der Waals surface area contributed by atoms with Crippen molar-refractivity contribution >= 4 is 17.6 Å². The van der Waals surface area contributed by atoms with Gasteiger partial charge in [-0.15, -0.1) is 0 Å². The van der Waals surface area contributed by atoms with Crippen molar-refractivity contribution in [3.8, 4) is 0 Å². The summed E-state index contributed by atoms with van der Waals surface area (Å²) in [6.45, 7) is 0. The maximum Gasteiger partial charge on any atom is 0.326 e.